The summed E-state index contributed by atoms with van der Waals surface area (Å²) in [5, 5.41) is 3.78. The predicted molar refractivity (Wildman–Crippen MR) is 133 cm³/mol. The maximum absolute atomic E-state index is 13.2. The zero-order chi connectivity index (χ0) is 24.0. The van der Waals surface area contributed by atoms with E-state index in [1.165, 1.54) is 4.90 Å². The average molecular weight is 544 g/mol. The van der Waals surface area contributed by atoms with Gasteiger partial charge in [0.25, 0.3) is 5.91 Å². The first-order valence-electron chi connectivity index (χ1n) is 10.5. The quantitative estimate of drug-likeness (QED) is 0.409. The van der Waals surface area contributed by atoms with Gasteiger partial charge in [-0.3, -0.25) is 9.59 Å². The van der Waals surface area contributed by atoms with Gasteiger partial charge in [0.05, 0.1) is 4.47 Å². The molecule has 0 radical (unpaired) electrons. The van der Waals surface area contributed by atoms with Gasteiger partial charge in [0.1, 0.15) is 11.8 Å². The Morgan fingerprint density at radius 3 is 2.31 bits per heavy atom. The Morgan fingerprint density at radius 2 is 1.75 bits per heavy atom. The van der Waals surface area contributed by atoms with Crippen LogP contribution in [0.15, 0.2) is 40.9 Å². The van der Waals surface area contributed by atoms with Crippen LogP contribution in [-0.4, -0.2) is 35.4 Å². The summed E-state index contributed by atoms with van der Waals surface area (Å²) in [5.41, 5.74) is 1.85. The second-order valence-corrected chi connectivity index (χ2v) is 9.93. The van der Waals surface area contributed by atoms with E-state index in [0.717, 1.165) is 10.0 Å². The Kier molecular flexibility index (Phi) is 9.86. The van der Waals surface area contributed by atoms with Gasteiger partial charge in [-0.05, 0) is 78.0 Å². The fourth-order valence-electron chi connectivity index (χ4n) is 3.04. The van der Waals surface area contributed by atoms with Crippen LogP contribution in [0.3, 0.4) is 0 Å². The van der Waals surface area contributed by atoms with Gasteiger partial charge in [-0.2, -0.15) is 0 Å². The van der Waals surface area contributed by atoms with Gasteiger partial charge >= 0.3 is 0 Å². The van der Waals surface area contributed by atoms with Crippen molar-refractivity contribution in [2.75, 3.05) is 6.61 Å². The van der Waals surface area contributed by atoms with Crippen molar-refractivity contribution in [1.82, 2.24) is 10.2 Å². The van der Waals surface area contributed by atoms with Crippen molar-refractivity contribution in [2.24, 2.45) is 0 Å². The van der Waals surface area contributed by atoms with Gasteiger partial charge < -0.3 is 15.0 Å². The highest BCUT2D eigenvalue weighted by Gasteiger charge is 2.27. The van der Waals surface area contributed by atoms with Gasteiger partial charge in [0, 0.05) is 22.6 Å². The average Bonchev–Trinajstić information content (AvgIpc) is 2.71. The molecular weight excluding hydrogens is 515 g/mol. The first-order valence-corrected chi connectivity index (χ1v) is 12.0. The molecule has 0 heterocycles. The molecule has 0 saturated heterocycles. The smallest absolute Gasteiger partial charge is 0.261 e. The van der Waals surface area contributed by atoms with Crippen LogP contribution >= 0.6 is 39.1 Å². The van der Waals surface area contributed by atoms with Gasteiger partial charge in [-0.25, -0.2) is 0 Å². The summed E-state index contributed by atoms with van der Waals surface area (Å²) in [6, 6.07) is 10.1. The molecule has 2 amide bonds. The van der Waals surface area contributed by atoms with Crippen LogP contribution in [0.5, 0.6) is 5.75 Å². The van der Waals surface area contributed by atoms with E-state index in [4.69, 9.17) is 27.9 Å². The number of hydrogen-bond donors (Lipinski definition) is 1. The van der Waals surface area contributed by atoms with E-state index >= 15 is 0 Å². The second-order valence-electron chi connectivity index (χ2n) is 8.23. The molecule has 2 aromatic rings. The molecule has 0 spiro atoms. The third-order valence-electron chi connectivity index (χ3n) is 4.93. The largest absolute Gasteiger partial charge is 0.483 e. The molecule has 8 heteroatoms. The molecule has 5 nitrogen and oxygen atoms in total. The van der Waals surface area contributed by atoms with Crippen molar-refractivity contribution in [3.05, 3.63) is 62.0 Å². The number of nitrogens with one attached hydrogen (secondary N) is 1. The van der Waals surface area contributed by atoms with E-state index < -0.39 is 6.04 Å². The van der Waals surface area contributed by atoms with Crippen molar-refractivity contribution < 1.29 is 14.3 Å². The maximum Gasteiger partial charge on any atom is 0.261 e. The highest BCUT2D eigenvalue weighted by Crippen LogP contribution is 2.29. The first kappa shape index (κ1) is 26.5. The lowest BCUT2D eigenvalue weighted by atomic mass is 10.0. The molecule has 32 heavy (non-hydrogen) atoms. The minimum atomic E-state index is -0.716. The molecule has 1 N–H and O–H groups in total. The monoisotopic (exact) mass is 542 g/mol. The SMILES string of the molecule is CC(C)NC(=O)[C@@H](C)N(Cc1ccc(Cl)cc1Cl)C(=O)COc1ccc(C(C)C)cc1Br. The Balaban J connectivity index is 2.21. The molecule has 0 aromatic heterocycles. The molecule has 0 aliphatic heterocycles. The summed E-state index contributed by atoms with van der Waals surface area (Å²) >= 11 is 15.8. The molecule has 0 aliphatic carbocycles. The molecule has 174 valence electrons. The minimum absolute atomic E-state index is 0.0484. The number of rotatable bonds is 9. The van der Waals surface area contributed by atoms with Gasteiger partial charge in [-0.1, -0.05) is 49.2 Å². The van der Waals surface area contributed by atoms with E-state index in [2.05, 4.69) is 35.1 Å². The number of nitrogens with zero attached hydrogens (tertiary/aromatic N) is 1. The Labute approximate surface area is 208 Å². The number of amides is 2. The number of benzene rings is 2. The number of ether oxygens (including phenoxy) is 1. The van der Waals surface area contributed by atoms with Crippen LogP contribution in [0.2, 0.25) is 10.0 Å². The topological polar surface area (TPSA) is 58.6 Å². The van der Waals surface area contributed by atoms with Gasteiger partial charge in [0.2, 0.25) is 5.91 Å². The zero-order valence-electron chi connectivity index (χ0n) is 18.9. The molecule has 2 rings (SSSR count). The highest BCUT2D eigenvalue weighted by atomic mass is 79.9. The molecule has 2 aromatic carbocycles. The fraction of sp³-hybridized carbons (Fsp3) is 0.417. The van der Waals surface area contributed by atoms with E-state index in [0.29, 0.717) is 27.3 Å². The summed E-state index contributed by atoms with van der Waals surface area (Å²) in [6.45, 7) is 9.57. The predicted octanol–water partition coefficient (Wildman–Crippen LogP) is 6.20. The van der Waals surface area contributed by atoms with E-state index in [-0.39, 0.29) is 31.0 Å². The fourth-order valence-corrected chi connectivity index (χ4v) is 4.02. The lowest BCUT2D eigenvalue weighted by Gasteiger charge is -2.29. The molecular formula is C24H29BrCl2N2O3. The normalized spacial score (nSPS) is 12.1. The Hall–Kier alpha value is -1.76. The van der Waals surface area contributed by atoms with E-state index in [9.17, 15) is 9.59 Å². The van der Waals surface area contributed by atoms with Crippen molar-refractivity contribution in [3.63, 3.8) is 0 Å². The van der Waals surface area contributed by atoms with Crippen molar-refractivity contribution in [1.29, 1.82) is 0 Å². The minimum Gasteiger partial charge on any atom is -0.483 e. The Bertz CT molecular complexity index is 966. The number of carbonyl (C=O) groups is 2. The third kappa shape index (κ3) is 7.39. The van der Waals surface area contributed by atoms with Crippen LogP contribution in [0.1, 0.15) is 51.7 Å². The van der Waals surface area contributed by atoms with Crippen LogP contribution in [0, 0.1) is 0 Å². The van der Waals surface area contributed by atoms with E-state index in [1.54, 1.807) is 25.1 Å². The zero-order valence-corrected chi connectivity index (χ0v) is 22.0. The van der Waals surface area contributed by atoms with Crippen LogP contribution < -0.4 is 10.1 Å². The maximum atomic E-state index is 13.2. The molecule has 0 bridgehead atoms. The van der Waals surface area contributed by atoms with Crippen LogP contribution in [-0.2, 0) is 16.1 Å². The molecule has 0 saturated carbocycles. The lowest BCUT2D eigenvalue weighted by molar-refractivity contribution is -0.142. The van der Waals surface area contributed by atoms with Crippen LogP contribution in [0.4, 0.5) is 0 Å². The Morgan fingerprint density at radius 1 is 1.06 bits per heavy atom. The molecule has 1 atom stereocenters. The number of carbonyl (C=O) groups excluding carboxylic acids is 2. The second kappa shape index (κ2) is 11.9. The highest BCUT2D eigenvalue weighted by molar-refractivity contribution is 9.10. The van der Waals surface area contributed by atoms with Gasteiger partial charge in [-0.15, -0.1) is 0 Å². The first-order chi connectivity index (χ1) is 15.0. The lowest BCUT2D eigenvalue weighted by Crippen LogP contribution is -2.50. The molecule has 0 aliphatic rings. The van der Waals surface area contributed by atoms with E-state index in [1.807, 2.05) is 32.0 Å². The van der Waals surface area contributed by atoms with Crippen LogP contribution in [0.25, 0.3) is 0 Å². The molecule has 0 fully saturated rings. The standard InChI is InChI=1S/C24H29BrCl2N2O3/c1-14(2)17-7-9-22(20(25)10-17)32-13-23(30)29(16(5)24(31)28-15(3)4)12-18-6-8-19(26)11-21(18)27/h6-11,14-16H,12-13H2,1-5H3,(H,28,31)/t16-/m1/s1. The summed E-state index contributed by atoms with van der Waals surface area (Å²) in [6.07, 6.45) is 0. The summed E-state index contributed by atoms with van der Waals surface area (Å²) in [5.74, 6) is 0.358. The number of hydrogen-bond acceptors (Lipinski definition) is 3. The van der Waals surface area contributed by atoms with Crippen molar-refractivity contribution in [2.45, 2.75) is 59.2 Å². The van der Waals surface area contributed by atoms with Crippen molar-refractivity contribution >= 4 is 50.9 Å². The molecule has 0 unspecified atom stereocenters. The van der Waals surface area contributed by atoms with Crippen molar-refractivity contribution in [3.8, 4) is 5.75 Å². The number of halogens is 3. The van der Waals surface area contributed by atoms with Gasteiger partial charge in [0.15, 0.2) is 6.61 Å². The summed E-state index contributed by atoms with van der Waals surface area (Å²) < 4.78 is 6.56. The third-order valence-corrected chi connectivity index (χ3v) is 6.13. The summed E-state index contributed by atoms with van der Waals surface area (Å²) in [4.78, 5) is 27.3. The summed E-state index contributed by atoms with van der Waals surface area (Å²) in [7, 11) is 0.